The van der Waals surface area contributed by atoms with Gasteiger partial charge in [0.25, 0.3) is 0 Å². The van der Waals surface area contributed by atoms with Gasteiger partial charge in [-0.2, -0.15) is 0 Å². The average molecular weight is 156 g/mol. The molecular formula is C8H16N2O. The summed E-state index contributed by atoms with van der Waals surface area (Å²) in [6, 6.07) is 0.0729. The Morgan fingerprint density at radius 1 is 1.64 bits per heavy atom. The van der Waals surface area contributed by atoms with E-state index in [4.69, 9.17) is 0 Å². The van der Waals surface area contributed by atoms with Crippen LogP contribution in [0.25, 0.3) is 0 Å². The number of rotatable bonds is 1. The highest BCUT2D eigenvalue weighted by molar-refractivity contribution is 5.82. The van der Waals surface area contributed by atoms with Crippen molar-refractivity contribution in [1.29, 1.82) is 0 Å². The normalized spacial score (nSPS) is 27.3. The maximum atomic E-state index is 11.3. The molecule has 1 aliphatic heterocycles. The second-order valence-corrected chi connectivity index (χ2v) is 3.46. The van der Waals surface area contributed by atoms with E-state index in [-0.39, 0.29) is 11.9 Å². The molecule has 0 aliphatic carbocycles. The molecule has 0 aromatic rings. The molecular weight excluding hydrogens is 140 g/mol. The van der Waals surface area contributed by atoms with E-state index in [1.807, 2.05) is 7.05 Å². The summed E-state index contributed by atoms with van der Waals surface area (Å²) >= 11 is 0. The lowest BCUT2D eigenvalue weighted by atomic mass is 10.0. The zero-order valence-corrected chi connectivity index (χ0v) is 7.42. The number of piperazine rings is 1. The summed E-state index contributed by atoms with van der Waals surface area (Å²) in [7, 11) is 2.00. The molecule has 3 heteroatoms. The molecule has 0 saturated carbocycles. The SMILES string of the molecule is CC(C)[C@H]1C(=O)NCCN1C. The zero-order chi connectivity index (χ0) is 8.43. The quantitative estimate of drug-likeness (QED) is 0.583. The third kappa shape index (κ3) is 1.71. The van der Waals surface area contributed by atoms with Crippen LogP contribution >= 0.6 is 0 Å². The molecule has 0 aromatic heterocycles. The molecule has 0 radical (unpaired) electrons. The van der Waals surface area contributed by atoms with Crippen LogP contribution in [0.4, 0.5) is 0 Å². The summed E-state index contributed by atoms with van der Waals surface area (Å²) in [5.41, 5.74) is 0. The third-order valence-electron chi connectivity index (χ3n) is 2.14. The number of nitrogens with one attached hydrogen (secondary N) is 1. The van der Waals surface area contributed by atoms with E-state index in [0.29, 0.717) is 5.92 Å². The van der Waals surface area contributed by atoms with Crippen LogP contribution in [0, 0.1) is 5.92 Å². The van der Waals surface area contributed by atoms with Gasteiger partial charge in [-0.1, -0.05) is 13.8 Å². The predicted molar refractivity (Wildman–Crippen MR) is 44.3 cm³/mol. The van der Waals surface area contributed by atoms with E-state index in [9.17, 15) is 4.79 Å². The van der Waals surface area contributed by atoms with Crippen molar-refractivity contribution in [3.63, 3.8) is 0 Å². The van der Waals surface area contributed by atoms with E-state index in [2.05, 4.69) is 24.1 Å². The van der Waals surface area contributed by atoms with Crippen LogP contribution in [-0.4, -0.2) is 37.0 Å². The minimum absolute atomic E-state index is 0.0729. The van der Waals surface area contributed by atoms with Crippen LogP contribution in [-0.2, 0) is 4.79 Å². The molecule has 1 fully saturated rings. The Bertz CT molecular complexity index is 156. The highest BCUT2D eigenvalue weighted by Gasteiger charge is 2.28. The van der Waals surface area contributed by atoms with E-state index >= 15 is 0 Å². The molecule has 0 bridgehead atoms. The van der Waals surface area contributed by atoms with Crippen molar-refractivity contribution in [2.75, 3.05) is 20.1 Å². The molecule has 1 aliphatic rings. The van der Waals surface area contributed by atoms with Gasteiger partial charge in [0.05, 0.1) is 6.04 Å². The van der Waals surface area contributed by atoms with Crippen LogP contribution in [0.1, 0.15) is 13.8 Å². The Labute approximate surface area is 67.8 Å². The van der Waals surface area contributed by atoms with E-state index < -0.39 is 0 Å². The number of carbonyl (C=O) groups excluding carboxylic acids is 1. The molecule has 1 heterocycles. The van der Waals surface area contributed by atoms with Crippen LogP contribution in [0.2, 0.25) is 0 Å². The van der Waals surface area contributed by atoms with Crippen molar-refractivity contribution in [3.05, 3.63) is 0 Å². The molecule has 0 aromatic carbocycles. The fourth-order valence-corrected chi connectivity index (χ4v) is 1.61. The summed E-state index contributed by atoms with van der Waals surface area (Å²) in [5, 5.41) is 2.86. The summed E-state index contributed by atoms with van der Waals surface area (Å²) in [6.45, 7) is 5.91. The fraction of sp³-hybridized carbons (Fsp3) is 0.875. The van der Waals surface area contributed by atoms with Crippen molar-refractivity contribution >= 4 is 5.91 Å². The maximum Gasteiger partial charge on any atom is 0.237 e. The summed E-state index contributed by atoms with van der Waals surface area (Å²) in [6.07, 6.45) is 0. The monoisotopic (exact) mass is 156 g/mol. The standard InChI is InChI=1S/C8H16N2O/c1-6(2)7-8(11)9-4-5-10(7)3/h6-7H,4-5H2,1-3H3,(H,9,11)/t7-/m0/s1. The van der Waals surface area contributed by atoms with Crippen LogP contribution in [0.3, 0.4) is 0 Å². The molecule has 1 amide bonds. The molecule has 11 heavy (non-hydrogen) atoms. The second-order valence-electron chi connectivity index (χ2n) is 3.46. The lowest BCUT2D eigenvalue weighted by molar-refractivity contribution is -0.129. The molecule has 1 N–H and O–H groups in total. The topological polar surface area (TPSA) is 32.3 Å². The summed E-state index contributed by atoms with van der Waals surface area (Å²) in [4.78, 5) is 13.4. The Morgan fingerprint density at radius 2 is 2.27 bits per heavy atom. The fourth-order valence-electron chi connectivity index (χ4n) is 1.61. The van der Waals surface area contributed by atoms with E-state index in [1.165, 1.54) is 0 Å². The van der Waals surface area contributed by atoms with Crippen LogP contribution in [0.5, 0.6) is 0 Å². The van der Waals surface area contributed by atoms with Crippen molar-refractivity contribution in [2.24, 2.45) is 5.92 Å². The van der Waals surface area contributed by atoms with Gasteiger partial charge in [-0.3, -0.25) is 9.69 Å². The number of hydrogen-bond acceptors (Lipinski definition) is 2. The lowest BCUT2D eigenvalue weighted by Crippen LogP contribution is -2.55. The first-order chi connectivity index (χ1) is 5.13. The van der Waals surface area contributed by atoms with Gasteiger partial charge in [0.2, 0.25) is 5.91 Å². The largest absolute Gasteiger partial charge is 0.353 e. The maximum absolute atomic E-state index is 11.3. The van der Waals surface area contributed by atoms with Gasteiger partial charge in [-0.15, -0.1) is 0 Å². The van der Waals surface area contributed by atoms with E-state index in [0.717, 1.165) is 13.1 Å². The highest BCUT2D eigenvalue weighted by atomic mass is 16.2. The average Bonchev–Trinajstić information content (AvgIpc) is 1.85. The summed E-state index contributed by atoms with van der Waals surface area (Å²) < 4.78 is 0. The first-order valence-electron chi connectivity index (χ1n) is 4.11. The van der Waals surface area contributed by atoms with Crippen LogP contribution < -0.4 is 5.32 Å². The van der Waals surface area contributed by atoms with Gasteiger partial charge in [0.15, 0.2) is 0 Å². The molecule has 1 atom stereocenters. The predicted octanol–water partition coefficient (Wildman–Crippen LogP) is 0.0726. The smallest absolute Gasteiger partial charge is 0.237 e. The van der Waals surface area contributed by atoms with Crippen molar-refractivity contribution in [3.8, 4) is 0 Å². The van der Waals surface area contributed by atoms with Crippen molar-refractivity contribution in [2.45, 2.75) is 19.9 Å². The Kier molecular flexibility index (Phi) is 2.49. The van der Waals surface area contributed by atoms with Crippen molar-refractivity contribution < 1.29 is 4.79 Å². The molecule has 0 spiro atoms. The van der Waals surface area contributed by atoms with Crippen molar-refractivity contribution in [1.82, 2.24) is 10.2 Å². The number of carbonyl (C=O) groups is 1. The van der Waals surface area contributed by atoms with Gasteiger partial charge in [-0.05, 0) is 13.0 Å². The minimum Gasteiger partial charge on any atom is -0.353 e. The first kappa shape index (κ1) is 8.53. The number of amides is 1. The second kappa shape index (κ2) is 3.22. The molecule has 3 nitrogen and oxygen atoms in total. The molecule has 64 valence electrons. The highest BCUT2D eigenvalue weighted by Crippen LogP contribution is 2.10. The minimum atomic E-state index is 0.0729. The summed E-state index contributed by atoms with van der Waals surface area (Å²) in [5.74, 6) is 0.578. The zero-order valence-electron chi connectivity index (χ0n) is 7.42. The van der Waals surface area contributed by atoms with Crippen LogP contribution in [0.15, 0.2) is 0 Å². The van der Waals surface area contributed by atoms with Gasteiger partial charge < -0.3 is 5.32 Å². The first-order valence-corrected chi connectivity index (χ1v) is 4.11. The number of hydrogen-bond donors (Lipinski definition) is 1. The Hall–Kier alpha value is -0.570. The number of likely N-dealkylation sites (N-methyl/N-ethyl adjacent to an activating group) is 1. The van der Waals surface area contributed by atoms with Gasteiger partial charge >= 0.3 is 0 Å². The third-order valence-corrected chi connectivity index (χ3v) is 2.14. The Morgan fingerprint density at radius 3 is 2.64 bits per heavy atom. The van der Waals surface area contributed by atoms with Gasteiger partial charge in [0, 0.05) is 13.1 Å². The molecule has 1 saturated heterocycles. The Balaban J connectivity index is 2.63. The lowest BCUT2D eigenvalue weighted by Gasteiger charge is -2.34. The van der Waals surface area contributed by atoms with Gasteiger partial charge in [0.1, 0.15) is 0 Å². The number of nitrogens with zero attached hydrogens (tertiary/aromatic N) is 1. The van der Waals surface area contributed by atoms with E-state index in [1.54, 1.807) is 0 Å². The molecule has 1 rings (SSSR count). The molecule has 0 unspecified atom stereocenters. The van der Waals surface area contributed by atoms with Gasteiger partial charge in [-0.25, -0.2) is 0 Å².